The minimum Gasteiger partial charge on any atom is -0.394 e. The van der Waals surface area contributed by atoms with Gasteiger partial charge >= 0.3 is 0 Å². The summed E-state index contributed by atoms with van der Waals surface area (Å²) >= 11 is 0. The number of ketones is 1. The van der Waals surface area contributed by atoms with Gasteiger partial charge in [0.15, 0.2) is 5.78 Å². The molecule has 0 fully saturated rings. The smallest absolute Gasteiger partial charge is 0.168 e. The van der Waals surface area contributed by atoms with Gasteiger partial charge in [0.1, 0.15) is 18.3 Å². The van der Waals surface area contributed by atoms with Gasteiger partial charge in [0.2, 0.25) is 0 Å². The van der Waals surface area contributed by atoms with Crippen LogP contribution in [0.15, 0.2) is 18.2 Å². The number of aryl methyl sites for hydroxylation is 2. The van der Waals surface area contributed by atoms with Crippen LogP contribution in [0, 0.1) is 6.92 Å². The van der Waals surface area contributed by atoms with Crippen molar-refractivity contribution in [3.63, 3.8) is 0 Å². The number of aliphatic hydroxyl groups is 4. The first kappa shape index (κ1) is 16.8. The Hall–Kier alpha value is -1.27. The van der Waals surface area contributed by atoms with Crippen LogP contribution in [0.25, 0.3) is 0 Å². The van der Waals surface area contributed by atoms with Gasteiger partial charge in [0.25, 0.3) is 0 Å². The maximum atomic E-state index is 11.8. The van der Waals surface area contributed by atoms with Crippen molar-refractivity contribution in [2.45, 2.75) is 45.0 Å². The Bertz CT molecular complexity index is 458. The quantitative estimate of drug-likeness (QED) is 0.552. The minimum absolute atomic E-state index is 0.0266. The van der Waals surface area contributed by atoms with Crippen molar-refractivity contribution < 1.29 is 25.2 Å². The molecule has 0 saturated carbocycles. The lowest BCUT2D eigenvalue weighted by molar-refractivity contribution is -0.139. The predicted molar refractivity (Wildman–Crippen MR) is 74.4 cm³/mol. The highest BCUT2D eigenvalue weighted by Gasteiger charge is 2.29. The van der Waals surface area contributed by atoms with Gasteiger partial charge in [-0.05, 0) is 30.0 Å². The first-order valence-corrected chi connectivity index (χ1v) is 6.66. The summed E-state index contributed by atoms with van der Waals surface area (Å²) in [5.41, 5.74) is 3.01. The van der Waals surface area contributed by atoms with Crippen LogP contribution in [-0.2, 0) is 17.6 Å². The molecule has 0 bridgehead atoms. The van der Waals surface area contributed by atoms with Gasteiger partial charge in [-0.25, -0.2) is 0 Å². The molecule has 1 rings (SSSR count). The van der Waals surface area contributed by atoms with Crippen LogP contribution < -0.4 is 0 Å². The minimum atomic E-state index is -1.71. The number of aliphatic hydroxyl groups excluding tert-OH is 4. The Morgan fingerprint density at radius 2 is 1.90 bits per heavy atom. The maximum absolute atomic E-state index is 11.8. The van der Waals surface area contributed by atoms with Crippen LogP contribution in [0.1, 0.15) is 23.6 Å². The first-order valence-electron chi connectivity index (χ1n) is 6.66. The largest absolute Gasteiger partial charge is 0.394 e. The molecule has 0 unspecified atom stereocenters. The van der Waals surface area contributed by atoms with Crippen LogP contribution in [0.5, 0.6) is 0 Å². The second-order valence-corrected chi connectivity index (χ2v) is 4.94. The average molecular weight is 282 g/mol. The van der Waals surface area contributed by atoms with Gasteiger partial charge in [-0.3, -0.25) is 4.79 Å². The molecule has 5 nitrogen and oxygen atoms in total. The van der Waals surface area contributed by atoms with Gasteiger partial charge in [-0.15, -0.1) is 0 Å². The first-order chi connectivity index (χ1) is 9.40. The summed E-state index contributed by atoms with van der Waals surface area (Å²) in [6.45, 7) is 3.28. The second kappa shape index (κ2) is 7.50. The number of carbonyl (C=O) groups is 1. The molecule has 0 saturated heterocycles. The lowest BCUT2D eigenvalue weighted by Crippen LogP contribution is -2.44. The molecule has 0 amide bonds. The van der Waals surface area contributed by atoms with Crippen molar-refractivity contribution in [3.05, 3.63) is 34.9 Å². The fourth-order valence-corrected chi connectivity index (χ4v) is 2.08. The van der Waals surface area contributed by atoms with E-state index >= 15 is 0 Å². The molecule has 0 aliphatic rings. The molecule has 4 N–H and O–H groups in total. The van der Waals surface area contributed by atoms with Gasteiger partial charge in [-0.2, -0.15) is 0 Å². The van der Waals surface area contributed by atoms with E-state index in [9.17, 15) is 20.1 Å². The Kier molecular flexibility index (Phi) is 6.29. The number of hydrogen-bond acceptors (Lipinski definition) is 5. The molecule has 0 aromatic heterocycles. The van der Waals surface area contributed by atoms with E-state index in [2.05, 4.69) is 0 Å². The Morgan fingerprint density at radius 3 is 2.40 bits per heavy atom. The van der Waals surface area contributed by atoms with E-state index in [1.807, 2.05) is 32.0 Å². The van der Waals surface area contributed by atoms with Crippen LogP contribution in [0.3, 0.4) is 0 Å². The molecule has 20 heavy (non-hydrogen) atoms. The topological polar surface area (TPSA) is 98.0 Å². The molecule has 1 aromatic carbocycles. The molecule has 0 heterocycles. The van der Waals surface area contributed by atoms with Crippen molar-refractivity contribution >= 4 is 5.78 Å². The number of carbonyl (C=O) groups excluding carboxylic acids is 1. The lowest BCUT2D eigenvalue weighted by atomic mass is 9.96. The second-order valence-electron chi connectivity index (χ2n) is 4.94. The number of benzene rings is 1. The zero-order chi connectivity index (χ0) is 15.3. The molecule has 3 atom stereocenters. The standard InChI is InChI=1S/C15H22O5/c1-3-11-5-4-10(6-9(11)2)7-12(17)14(19)15(20)13(18)8-16/h4-6,13-16,18-20H,3,7-8H2,1-2H3/t13-,14+,15+/m1/s1. The van der Waals surface area contributed by atoms with E-state index in [0.717, 1.165) is 17.5 Å². The Morgan fingerprint density at radius 1 is 1.25 bits per heavy atom. The third-order valence-corrected chi connectivity index (χ3v) is 3.40. The van der Waals surface area contributed by atoms with E-state index in [1.54, 1.807) is 0 Å². The van der Waals surface area contributed by atoms with Crippen LogP contribution in [-0.4, -0.2) is 51.1 Å². The summed E-state index contributed by atoms with van der Waals surface area (Å²) in [6, 6.07) is 5.62. The third kappa shape index (κ3) is 4.11. The zero-order valence-electron chi connectivity index (χ0n) is 11.8. The normalized spacial score (nSPS) is 15.7. The van der Waals surface area contributed by atoms with E-state index in [-0.39, 0.29) is 6.42 Å². The van der Waals surface area contributed by atoms with Gasteiger partial charge in [0.05, 0.1) is 6.61 Å². The molecule has 1 aromatic rings. The predicted octanol–water partition coefficient (Wildman–Crippen LogP) is -0.256. The zero-order valence-corrected chi connectivity index (χ0v) is 11.8. The van der Waals surface area contributed by atoms with Crippen LogP contribution in [0.4, 0.5) is 0 Å². The fourth-order valence-electron chi connectivity index (χ4n) is 2.08. The van der Waals surface area contributed by atoms with E-state index in [0.29, 0.717) is 0 Å². The van der Waals surface area contributed by atoms with Crippen molar-refractivity contribution in [1.29, 1.82) is 0 Å². The monoisotopic (exact) mass is 282 g/mol. The highest BCUT2D eigenvalue weighted by molar-refractivity contribution is 5.85. The SMILES string of the molecule is CCc1ccc(CC(=O)[C@H](O)[C@@H](O)[C@H](O)CO)cc1C. The summed E-state index contributed by atoms with van der Waals surface area (Å²) in [5.74, 6) is -0.589. The maximum Gasteiger partial charge on any atom is 0.168 e. The summed E-state index contributed by atoms with van der Waals surface area (Å²) in [5, 5.41) is 37.0. The molecule has 0 aliphatic carbocycles. The average Bonchev–Trinajstić information content (AvgIpc) is 2.44. The van der Waals surface area contributed by atoms with Crippen LogP contribution >= 0.6 is 0 Å². The van der Waals surface area contributed by atoms with Crippen molar-refractivity contribution in [2.24, 2.45) is 0 Å². The summed E-state index contributed by atoms with van der Waals surface area (Å²) in [4.78, 5) is 11.8. The molecule has 0 radical (unpaired) electrons. The summed E-state index contributed by atoms with van der Waals surface area (Å²) < 4.78 is 0. The fraction of sp³-hybridized carbons (Fsp3) is 0.533. The number of hydrogen-bond donors (Lipinski definition) is 4. The van der Waals surface area contributed by atoms with Crippen molar-refractivity contribution in [2.75, 3.05) is 6.61 Å². The van der Waals surface area contributed by atoms with E-state index in [4.69, 9.17) is 5.11 Å². The van der Waals surface area contributed by atoms with E-state index < -0.39 is 30.7 Å². The van der Waals surface area contributed by atoms with Gasteiger partial charge in [0, 0.05) is 6.42 Å². The highest BCUT2D eigenvalue weighted by Crippen LogP contribution is 2.14. The van der Waals surface area contributed by atoms with Crippen LogP contribution in [0.2, 0.25) is 0 Å². The molecular weight excluding hydrogens is 260 g/mol. The van der Waals surface area contributed by atoms with Crippen molar-refractivity contribution in [3.8, 4) is 0 Å². The Balaban J connectivity index is 2.73. The van der Waals surface area contributed by atoms with Gasteiger partial charge in [-0.1, -0.05) is 25.1 Å². The van der Waals surface area contributed by atoms with Gasteiger partial charge < -0.3 is 20.4 Å². The summed E-state index contributed by atoms with van der Waals surface area (Å²) in [7, 11) is 0. The molecule has 0 aliphatic heterocycles. The number of Topliss-reactive ketones (excluding diaryl/α,β-unsaturated/α-hetero) is 1. The molecule has 112 valence electrons. The lowest BCUT2D eigenvalue weighted by Gasteiger charge is -2.20. The van der Waals surface area contributed by atoms with Crippen molar-refractivity contribution in [1.82, 2.24) is 0 Å². The Labute approximate surface area is 118 Å². The number of rotatable bonds is 7. The highest BCUT2D eigenvalue weighted by atomic mass is 16.4. The molecule has 0 spiro atoms. The summed E-state index contributed by atoms with van der Waals surface area (Å²) in [6.07, 6.45) is -4.03. The van der Waals surface area contributed by atoms with E-state index in [1.165, 1.54) is 5.56 Å². The molecule has 5 heteroatoms. The third-order valence-electron chi connectivity index (χ3n) is 3.40. The molecular formula is C15H22O5.